The summed E-state index contributed by atoms with van der Waals surface area (Å²) in [5, 5.41) is 5.36. The maximum absolute atomic E-state index is 13.6. The monoisotopic (exact) mass is 383 g/mol. The first-order valence-electron chi connectivity index (χ1n) is 9.10. The molecular weight excluding hydrogens is 362 g/mol. The quantitative estimate of drug-likeness (QED) is 0.651. The highest BCUT2D eigenvalue weighted by atomic mass is 32.2. The third-order valence-electron chi connectivity index (χ3n) is 4.53. The van der Waals surface area contributed by atoms with E-state index in [4.69, 9.17) is 0 Å². The molecule has 0 bridgehead atoms. The first kappa shape index (κ1) is 17.8. The van der Waals surface area contributed by atoms with Crippen molar-refractivity contribution in [2.75, 3.05) is 5.75 Å². The minimum absolute atomic E-state index is 0.277. The van der Waals surface area contributed by atoms with Crippen molar-refractivity contribution in [2.45, 2.75) is 37.5 Å². The number of hydrogen-bond donors (Lipinski definition) is 0. The zero-order chi connectivity index (χ0) is 18.9. The highest BCUT2D eigenvalue weighted by molar-refractivity contribution is 7.94. The smallest absolute Gasteiger partial charge is 0.254 e. The molecule has 4 rings (SSSR count). The second-order valence-corrected chi connectivity index (χ2v) is 9.14. The minimum Gasteiger partial charge on any atom is -0.272 e. The van der Waals surface area contributed by atoms with Crippen LogP contribution in [0.3, 0.4) is 0 Å². The molecule has 8 heteroatoms. The Labute approximate surface area is 158 Å². The van der Waals surface area contributed by atoms with E-state index in [2.05, 4.69) is 19.4 Å². The molecule has 0 aliphatic heterocycles. The normalized spacial score (nSPS) is 16.2. The van der Waals surface area contributed by atoms with E-state index in [1.54, 1.807) is 23.1 Å². The highest BCUT2D eigenvalue weighted by Crippen LogP contribution is 2.34. The van der Waals surface area contributed by atoms with Crippen LogP contribution in [0, 0.1) is 5.92 Å². The molecule has 27 heavy (non-hydrogen) atoms. The molecule has 2 aromatic heterocycles. The van der Waals surface area contributed by atoms with Crippen molar-refractivity contribution in [1.82, 2.24) is 19.7 Å². The number of aromatic nitrogens is 4. The van der Waals surface area contributed by atoms with E-state index >= 15 is 0 Å². The Bertz CT molecular complexity index is 1100. The summed E-state index contributed by atoms with van der Waals surface area (Å²) in [6.07, 6.45) is 9.81. The summed E-state index contributed by atoms with van der Waals surface area (Å²) in [7, 11) is -2.76. The molecule has 7 nitrogen and oxygen atoms in total. The summed E-state index contributed by atoms with van der Waals surface area (Å²) in [5.41, 5.74) is 1.52. The van der Waals surface area contributed by atoms with Crippen LogP contribution >= 0.6 is 0 Å². The maximum atomic E-state index is 13.6. The van der Waals surface area contributed by atoms with Gasteiger partial charge in [0, 0.05) is 28.7 Å². The third-order valence-corrected chi connectivity index (χ3v) is 6.94. The number of carbonyl (C=O) groups excluding carboxylic acids is 1. The molecule has 1 aliphatic rings. The number of benzene rings is 1. The molecule has 0 saturated heterocycles. The van der Waals surface area contributed by atoms with Crippen LogP contribution in [0.2, 0.25) is 0 Å². The van der Waals surface area contributed by atoms with Gasteiger partial charge in [-0.1, -0.05) is 6.92 Å². The van der Waals surface area contributed by atoms with Gasteiger partial charge in [-0.15, -0.1) is 0 Å². The second-order valence-electron chi connectivity index (χ2n) is 6.88. The minimum atomic E-state index is -2.76. The van der Waals surface area contributed by atoms with E-state index in [1.807, 2.05) is 25.3 Å². The van der Waals surface area contributed by atoms with Gasteiger partial charge in [0.15, 0.2) is 0 Å². The Morgan fingerprint density at radius 3 is 2.78 bits per heavy atom. The van der Waals surface area contributed by atoms with Crippen molar-refractivity contribution in [3.63, 3.8) is 0 Å². The fourth-order valence-corrected chi connectivity index (χ4v) is 5.31. The van der Waals surface area contributed by atoms with Gasteiger partial charge in [-0.05, 0) is 43.4 Å². The Morgan fingerprint density at radius 2 is 2.07 bits per heavy atom. The van der Waals surface area contributed by atoms with Crippen LogP contribution in [0.25, 0.3) is 16.6 Å². The van der Waals surface area contributed by atoms with Gasteiger partial charge in [0.1, 0.15) is 12.0 Å². The molecule has 2 heterocycles. The average molecular weight is 383 g/mol. The summed E-state index contributed by atoms with van der Waals surface area (Å²) in [6, 6.07) is 5.46. The largest absolute Gasteiger partial charge is 0.272 e. The summed E-state index contributed by atoms with van der Waals surface area (Å²) in [6.45, 7) is 1.92. The van der Waals surface area contributed by atoms with Crippen LogP contribution in [0.15, 0.2) is 52.4 Å². The molecular formula is C19H21N5O2S. The molecule has 1 unspecified atom stereocenters. The van der Waals surface area contributed by atoms with Crippen molar-refractivity contribution in [3.8, 4) is 5.69 Å². The second kappa shape index (κ2) is 7.19. The van der Waals surface area contributed by atoms with Crippen molar-refractivity contribution >= 4 is 26.5 Å². The van der Waals surface area contributed by atoms with E-state index < -0.39 is 9.73 Å². The Balaban J connectivity index is 1.76. The van der Waals surface area contributed by atoms with Crippen LogP contribution in [0.4, 0.5) is 0 Å². The number of nitrogens with zero attached hydrogens (tertiary/aromatic N) is 5. The van der Waals surface area contributed by atoms with Crippen molar-refractivity contribution in [2.24, 2.45) is 10.3 Å². The van der Waals surface area contributed by atoms with Gasteiger partial charge in [0.2, 0.25) is 0 Å². The van der Waals surface area contributed by atoms with Crippen molar-refractivity contribution in [1.29, 1.82) is 0 Å². The molecule has 1 saturated carbocycles. The molecule has 140 valence electrons. The van der Waals surface area contributed by atoms with E-state index in [0.717, 1.165) is 29.4 Å². The third kappa shape index (κ3) is 3.90. The molecule has 1 aromatic carbocycles. The van der Waals surface area contributed by atoms with Crippen LogP contribution < -0.4 is 0 Å². The lowest BCUT2D eigenvalue weighted by Crippen LogP contribution is -2.11. The number of amides is 1. The van der Waals surface area contributed by atoms with Crippen molar-refractivity contribution in [3.05, 3.63) is 43.1 Å². The number of hydrogen-bond acceptors (Lipinski definition) is 5. The highest BCUT2D eigenvalue weighted by Gasteiger charge is 2.29. The Morgan fingerprint density at radius 1 is 1.30 bits per heavy atom. The van der Waals surface area contributed by atoms with Gasteiger partial charge in [0.25, 0.3) is 5.91 Å². The number of carbonyl (C=O) groups is 1. The lowest BCUT2D eigenvalue weighted by Gasteiger charge is -2.09. The zero-order valence-corrected chi connectivity index (χ0v) is 15.9. The van der Waals surface area contributed by atoms with E-state index in [-0.39, 0.29) is 5.91 Å². The first-order chi connectivity index (χ1) is 13.1. The molecule has 0 spiro atoms. The predicted molar refractivity (Wildman–Crippen MR) is 103 cm³/mol. The fraction of sp³-hybridized carbons (Fsp3) is 0.368. The average Bonchev–Trinajstić information content (AvgIpc) is 3.36. The molecule has 0 radical (unpaired) electrons. The summed E-state index contributed by atoms with van der Waals surface area (Å²) < 4.78 is 19.5. The Kier molecular flexibility index (Phi) is 4.73. The molecule has 1 aliphatic carbocycles. The first-order valence-corrected chi connectivity index (χ1v) is 10.8. The van der Waals surface area contributed by atoms with E-state index in [9.17, 15) is 9.00 Å². The molecule has 1 amide bonds. The fourth-order valence-electron chi connectivity index (χ4n) is 2.96. The summed E-state index contributed by atoms with van der Waals surface area (Å²) in [4.78, 5) is 20.7. The van der Waals surface area contributed by atoms with Gasteiger partial charge in [0.05, 0.1) is 27.6 Å². The van der Waals surface area contributed by atoms with Crippen molar-refractivity contribution < 1.29 is 9.00 Å². The molecule has 3 aromatic rings. The van der Waals surface area contributed by atoms with Gasteiger partial charge >= 0.3 is 0 Å². The zero-order valence-electron chi connectivity index (χ0n) is 15.1. The molecule has 1 atom stereocenters. The van der Waals surface area contributed by atoms with Crippen LogP contribution in [0.1, 0.15) is 32.6 Å². The van der Waals surface area contributed by atoms with Crippen LogP contribution in [0.5, 0.6) is 0 Å². The Hall–Kier alpha value is -2.61. The standard InChI is InChI=1S/C19H21N5O2S/c1-2-3-19(25)23-27(26,12-14-4-5-14)17-6-7-18-15(8-17)11-24(22-18)16-9-20-13-21-10-16/h6-11,13-14H,2-5,12H2,1H3. The topological polar surface area (TPSA) is 90.1 Å². The molecule has 1 fully saturated rings. The SMILES string of the molecule is CCCC(=O)N=S(=O)(CC1CC1)c1ccc2nn(-c3cncnc3)cc2c1. The predicted octanol–water partition coefficient (Wildman–Crippen LogP) is 3.38. The van der Waals surface area contributed by atoms with E-state index in [0.29, 0.717) is 29.4 Å². The lowest BCUT2D eigenvalue weighted by molar-refractivity contribution is -0.117. The van der Waals surface area contributed by atoms with Crippen LogP contribution in [-0.4, -0.2) is 35.6 Å². The van der Waals surface area contributed by atoms with Gasteiger partial charge in [-0.2, -0.15) is 9.46 Å². The summed E-state index contributed by atoms with van der Waals surface area (Å²) in [5.74, 6) is 0.574. The van der Waals surface area contributed by atoms with Gasteiger partial charge < -0.3 is 0 Å². The molecule has 0 N–H and O–H groups in total. The maximum Gasteiger partial charge on any atom is 0.254 e. The number of rotatable bonds is 6. The summed E-state index contributed by atoms with van der Waals surface area (Å²) >= 11 is 0. The number of fused-ring (bicyclic) bond motifs is 1. The van der Waals surface area contributed by atoms with Gasteiger partial charge in [-0.25, -0.2) is 18.9 Å². The lowest BCUT2D eigenvalue weighted by atomic mass is 10.3. The van der Waals surface area contributed by atoms with Gasteiger partial charge in [-0.3, -0.25) is 4.79 Å². The van der Waals surface area contributed by atoms with E-state index in [1.165, 1.54) is 6.33 Å². The van der Waals surface area contributed by atoms with Crippen LogP contribution in [-0.2, 0) is 14.5 Å².